The maximum Gasteiger partial charge on any atom is 0.342 e. The topological polar surface area (TPSA) is 124 Å². The zero-order valence-corrected chi connectivity index (χ0v) is 17.5. The Kier molecular flexibility index (Phi) is 4.39. The van der Waals surface area contributed by atoms with Crippen LogP contribution in [0.15, 0.2) is 23.8 Å². The second-order valence-electron chi connectivity index (χ2n) is 10.0. The van der Waals surface area contributed by atoms with Gasteiger partial charge in [-0.15, -0.1) is 0 Å². The number of aromatic hydroxyl groups is 2. The minimum absolute atomic E-state index is 0.0412. The molecule has 3 aliphatic rings. The Balaban J connectivity index is 1.68. The molecule has 0 bridgehead atoms. The molecule has 0 heterocycles. The van der Waals surface area contributed by atoms with E-state index < -0.39 is 34.9 Å². The summed E-state index contributed by atoms with van der Waals surface area (Å²) in [5.41, 5.74) is -2.50. The van der Waals surface area contributed by atoms with Crippen LogP contribution in [-0.2, 0) is 9.53 Å². The number of fused-ring (bicyclic) bond motifs is 3. The highest BCUT2D eigenvalue weighted by Gasteiger charge is 2.74. The molecule has 7 heteroatoms. The number of benzene rings is 1. The molecule has 0 aliphatic heterocycles. The average Bonchev–Trinajstić information content (AvgIpc) is 2.86. The van der Waals surface area contributed by atoms with E-state index in [0.29, 0.717) is 18.3 Å². The summed E-state index contributed by atoms with van der Waals surface area (Å²) in [5, 5.41) is 42.2. The molecule has 0 saturated heterocycles. The van der Waals surface area contributed by atoms with Crippen LogP contribution >= 0.6 is 0 Å². The molecule has 6 atom stereocenters. The molecular formula is C23H28O7. The average molecular weight is 416 g/mol. The molecular weight excluding hydrogens is 388 g/mol. The van der Waals surface area contributed by atoms with Gasteiger partial charge in [0.15, 0.2) is 0 Å². The van der Waals surface area contributed by atoms with Gasteiger partial charge in [-0.25, -0.2) is 4.79 Å². The van der Waals surface area contributed by atoms with Gasteiger partial charge in [-0.05, 0) is 42.7 Å². The van der Waals surface area contributed by atoms with E-state index in [0.717, 1.165) is 6.07 Å². The van der Waals surface area contributed by atoms with E-state index in [2.05, 4.69) is 0 Å². The van der Waals surface area contributed by atoms with Crippen LogP contribution in [-0.4, -0.2) is 50.5 Å². The molecule has 30 heavy (non-hydrogen) atoms. The fraction of sp³-hybridized carbons (Fsp3) is 0.565. The normalized spacial score (nSPS) is 38.7. The Bertz CT molecular complexity index is 941. The number of phenolic OH excluding ortho intramolecular Hbond substituents is 2. The van der Waals surface area contributed by atoms with E-state index in [1.54, 1.807) is 13.0 Å². The van der Waals surface area contributed by atoms with Gasteiger partial charge in [0.2, 0.25) is 0 Å². The van der Waals surface area contributed by atoms with Crippen LogP contribution in [0.25, 0.3) is 0 Å². The van der Waals surface area contributed by atoms with Crippen molar-refractivity contribution in [3.05, 3.63) is 34.9 Å². The first-order chi connectivity index (χ1) is 13.9. The summed E-state index contributed by atoms with van der Waals surface area (Å²) in [7, 11) is 0. The molecule has 0 aromatic heterocycles. The summed E-state index contributed by atoms with van der Waals surface area (Å²) < 4.78 is 5.57. The van der Waals surface area contributed by atoms with Crippen molar-refractivity contribution in [2.24, 2.45) is 22.7 Å². The lowest BCUT2D eigenvalue weighted by molar-refractivity contribution is -0.257. The maximum absolute atomic E-state index is 12.8. The van der Waals surface area contributed by atoms with E-state index in [1.807, 2.05) is 20.8 Å². The molecule has 0 amide bonds. The van der Waals surface area contributed by atoms with E-state index in [-0.39, 0.29) is 40.6 Å². The fourth-order valence-corrected chi connectivity index (χ4v) is 6.21. The Morgan fingerprint density at radius 1 is 1.20 bits per heavy atom. The van der Waals surface area contributed by atoms with Crippen molar-refractivity contribution in [1.29, 1.82) is 0 Å². The van der Waals surface area contributed by atoms with Crippen molar-refractivity contribution in [2.75, 3.05) is 0 Å². The molecule has 2 fully saturated rings. The Morgan fingerprint density at radius 3 is 2.47 bits per heavy atom. The van der Waals surface area contributed by atoms with E-state index in [4.69, 9.17) is 4.74 Å². The first kappa shape index (κ1) is 20.9. The predicted octanol–water partition coefficient (Wildman–Crippen LogP) is 2.23. The highest BCUT2D eigenvalue weighted by molar-refractivity contribution is 5.94. The first-order valence-electron chi connectivity index (χ1n) is 10.2. The molecule has 1 aromatic carbocycles. The zero-order valence-electron chi connectivity index (χ0n) is 17.5. The number of aliphatic hydroxyl groups is 2. The van der Waals surface area contributed by atoms with Gasteiger partial charge in [-0.3, -0.25) is 4.79 Å². The number of aliphatic hydroxyl groups excluding tert-OH is 1. The van der Waals surface area contributed by atoms with E-state index >= 15 is 0 Å². The number of aryl methyl sites for hydroxylation is 1. The van der Waals surface area contributed by atoms with Crippen LogP contribution in [0.2, 0.25) is 0 Å². The van der Waals surface area contributed by atoms with Gasteiger partial charge in [0, 0.05) is 23.0 Å². The lowest BCUT2D eigenvalue weighted by Crippen LogP contribution is -2.74. The van der Waals surface area contributed by atoms with Gasteiger partial charge in [0.25, 0.3) is 0 Å². The number of phenols is 2. The van der Waals surface area contributed by atoms with Crippen molar-refractivity contribution in [3.8, 4) is 11.5 Å². The third-order valence-corrected chi connectivity index (χ3v) is 7.76. The minimum atomic E-state index is -1.71. The van der Waals surface area contributed by atoms with Crippen LogP contribution in [0.5, 0.6) is 11.5 Å². The number of hydrogen-bond acceptors (Lipinski definition) is 7. The largest absolute Gasteiger partial charge is 0.508 e. The summed E-state index contributed by atoms with van der Waals surface area (Å²) in [6.45, 7) is 7.33. The summed E-state index contributed by atoms with van der Waals surface area (Å²) in [6.07, 6.45) is 1.66. The van der Waals surface area contributed by atoms with Crippen molar-refractivity contribution in [3.63, 3.8) is 0 Å². The van der Waals surface area contributed by atoms with Crippen molar-refractivity contribution < 1.29 is 34.8 Å². The smallest absolute Gasteiger partial charge is 0.342 e. The predicted molar refractivity (Wildman–Crippen MR) is 107 cm³/mol. The van der Waals surface area contributed by atoms with Crippen LogP contribution in [0.4, 0.5) is 0 Å². The molecule has 2 saturated carbocycles. The summed E-state index contributed by atoms with van der Waals surface area (Å²) >= 11 is 0. The fourth-order valence-electron chi connectivity index (χ4n) is 6.21. The van der Waals surface area contributed by atoms with Gasteiger partial charge in [-0.1, -0.05) is 26.8 Å². The van der Waals surface area contributed by atoms with Crippen LogP contribution in [0.1, 0.15) is 49.5 Å². The maximum atomic E-state index is 12.8. The number of carbonyl (C=O) groups is 2. The van der Waals surface area contributed by atoms with Crippen LogP contribution in [0.3, 0.4) is 0 Å². The lowest BCUT2D eigenvalue weighted by atomic mass is 9.44. The monoisotopic (exact) mass is 416 g/mol. The number of hydrogen-bond donors (Lipinski definition) is 4. The summed E-state index contributed by atoms with van der Waals surface area (Å²) in [4.78, 5) is 24.7. The lowest BCUT2D eigenvalue weighted by Gasteiger charge is -2.64. The highest BCUT2D eigenvalue weighted by atomic mass is 16.6. The quantitative estimate of drug-likeness (QED) is 0.440. The Morgan fingerprint density at radius 2 is 1.87 bits per heavy atom. The molecule has 162 valence electrons. The zero-order chi connectivity index (χ0) is 22.2. The molecule has 0 radical (unpaired) electrons. The summed E-state index contributed by atoms with van der Waals surface area (Å²) in [5.74, 6) is -1.75. The second-order valence-corrected chi connectivity index (χ2v) is 10.0. The molecule has 7 nitrogen and oxygen atoms in total. The Hall–Kier alpha value is -2.38. The first-order valence-corrected chi connectivity index (χ1v) is 10.2. The van der Waals surface area contributed by atoms with Gasteiger partial charge in [0.05, 0.1) is 6.10 Å². The molecule has 1 aromatic rings. The second kappa shape index (κ2) is 6.31. The number of allylic oxidation sites excluding steroid dienone is 1. The van der Waals surface area contributed by atoms with Crippen LogP contribution in [0, 0.1) is 29.6 Å². The Labute approximate surface area is 175 Å². The molecule has 0 spiro atoms. The number of aldehydes is 1. The number of ether oxygens (including phenoxy) is 1. The van der Waals surface area contributed by atoms with Gasteiger partial charge in [0.1, 0.15) is 35.1 Å². The molecule has 4 rings (SSSR count). The minimum Gasteiger partial charge on any atom is -0.508 e. The third-order valence-electron chi connectivity index (χ3n) is 7.76. The van der Waals surface area contributed by atoms with Gasteiger partial charge < -0.3 is 25.2 Å². The van der Waals surface area contributed by atoms with E-state index in [9.17, 15) is 30.0 Å². The molecule has 4 N–H and O–H groups in total. The number of esters is 1. The van der Waals surface area contributed by atoms with E-state index in [1.165, 1.54) is 6.07 Å². The highest BCUT2D eigenvalue weighted by Crippen LogP contribution is 2.68. The van der Waals surface area contributed by atoms with Gasteiger partial charge >= 0.3 is 5.97 Å². The standard InChI is InChI=1S/C23H28O7/c1-11-5-14(25)7-15(26)17(11)20(28)30-16-9-22(4)18-12(8-21(2,3)19(18)27)6-13(10-24)23(16,22)29/h5-7,10,12,16,18-19,25-27,29H,8-9H2,1-4H3/t12-,16+,18+,19+,22+,23+/m0/s1. The van der Waals surface area contributed by atoms with Gasteiger partial charge in [-0.2, -0.15) is 0 Å². The van der Waals surface area contributed by atoms with Crippen molar-refractivity contribution >= 4 is 12.3 Å². The number of rotatable bonds is 3. The molecule has 0 unspecified atom stereocenters. The SMILES string of the molecule is Cc1cc(O)cc(O)c1C(=O)O[C@@H]1C[C@]2(C)[C@H]3[C@@H](O)C(C)(C)C[C@@H]3C=C(C=O)[C@@]12O. The summed E-state index contributed by atoms with van der Waals surface area (Å²) in [6, 6.07) is 2.37. The van der Waals surface area contributed by atoms with Crippen molar-refractivity contribution in [1.82, 2.24) is 0 Å². The third kappa shape index (κ3) is 2.51. The number of carbonyl (C=O) groups excluding carboxylic acids is 2. The molecule has 3 aliphatic carbocycles. The van der Waals surface area contributed by atoms with Crippen LogP contribution < -0.4 is 0 Å². The van der Waals surface area contributed by atoms with Crippen molar-refractivity contribution in [2.45, 2.75) is 58.3 Å².